The number of benzene rings is 1. The predicted molar refractivity (Wildman–Crippen MR) is 71.1 cm³/mol. The second-order valence-corrected chi connectivity index (χ2v) is 5.65. The molecular formula is C16H18F2. The van der Waals surface area contributed by atoms with Crippen molar-refractivity contribution in [3.05, 3.63) is 52.6 Å². The Balaban J connectivity index is 2.35. The van der Waals surface area contributed by atoms with Crippen LogP contribution in [0.25, 0.3) is 6.08 Å². The van der Waals surface area contributed by atoms with Crippen molar-refractivity contribution >= 4 is 6.08 Å². The maximum Gasteiger partial charge on any atom is 0.133 e. The highest BCUT2D eigenvalue weighted by molar-refractivity contribution is 5.59. The quantitative estimate of drug-likeness (QED) is 0.647. The van der Waals surface area contributed by atoms with Crippen LogP contribution in [-0.2, 0) is 0 Å². The molecule has 0 heterocycles. The minimum absolute atomic E-state index is 0.211. The van der Waals surface area contributed by atoms with E-state index >= 15 is 0 Å². The first-order valence-electron chi connectivity index (χ1n) is 6.23. The second kappa shape index (κ2) is 4.68. The van der Waals surface area contributed by atoms with Gasteiger partial charge in [0.2, 0.25) is 0 Å². The van der Waals surface area contributed by atoms with Crippen LogP contribution in [0.5, 0.6) is 0 Å². The molecule has 0 atom stereocenters. The molecule has 1 aliphatic rings. The Morgan fingerprint density at radius 1 is 1.22 bits per heavy atom. The van der Waals surface area contributed by atoms with Gasteiger partial charge in [0.25, 0.3) is 0 Å². The monoisotopic (exact) mass is 248 g/mol. The number of rotatable bonds is 1. The first kappa shape index (κ1) is 13.0. The van der Waals surface area contributed by atoms with E-state index in [9.17, 15) is 8.78 Å². The topological polar surface area (TPSA) is 0 Å². The number of hydrogen-bond acceptors (Lipinski definition) is 0. The number of hydrogen-bond donors (Lipinski definition) is 0. The van der Waals surface area contributed by atoms with Gasteiger partial charge >= 0.3 is 0 Å². The van der Waals surface area contributed by atoms with E-state index in [1.54, 1.807) is 0 Å². The van der Waals surface area contributed by atoms with Crippen molar-refractivity contribution in [2.45, 2.75) is 33.6 Å². The van der Waals surface area contributed by atoms with E-state index in [4.69, 9.17) is 0 Å². The molecule has 2 rings (SSSR count). The average molecular weight is 248 g/mol. The molecule has 0 nitrogen and oxygen atoms in total. The molecule has 0 spiro atoms. The number of halogens is 2. The van der Waals surface area contributed by atoms with Gasteiger partial charge in [0, 0.05) is 11.6 Å². The van der Waals surface area contributed by atoms with Crippen LogP contribution in [0.4, 0.5) is 8.78 Å². The summed E-state index contributed by atoms with van der Waals surface area (Å²) in [6.45, 7) is 6.45. The Morgan fingerprint density at radius 3 is 2.56 bits per heavy atom. The maximum absolute atomic E-state index is 13.6. The predicted octanol–water partition coefficient (Wildman–Crippen LogP) is 5.11. The molecule has 2 heteroatoms. The van der Waals surface area contributed by atoms with E-state index in [1.807, 2.05) is 13.0 Å². The van der Waals surface area contributed by atoms with Gasteiger partial charge in [-0.2, -0.15) is 0 Å². The Hall–Kier alpha value is -1.44. The molecule has 0 bridgehead atoms. The molecule has 0 saturated carbocycles. The van der Waals surface area contributed by atoms with Crippen molar-refractivity contribution < 1.29 is 8.78 Å². The van der Waals surface area contributed by atoms with Gasteiger partial charge in [0.05, 0.1) is 0 Å². The van der Waals surface area contributed by atoms with E-state index in [1.165, 1.54) is 17.7 Å². The lowest BCUT2D eigenvalue weighted by atomic mass is 9.77. The Bertz CT molecular complexity index is 522. The van der Waals surface area contributed by atoms with Gasteiger partial charge in [-0.15, -0.1) is 0 Å². The Morgan fingerprint density at radius 2 is 1.94 bits per heavy atom. The van der Waals surface area contributed by atoms with Crippen molar-refractivity contribution in [1.29, 1.82) is 0 Å². The lowest BCUT2D eigenvalue weighted by molar-refractivity contribution is 0.423. The Labute approximate surface area is 107 Å². The average Bonchev–Trinajstić information content (AvgIpc) is 2.24. The fourth-order valence-electron chi connectivity index (χ4n) is 2.40. The van der Waals surface area contributed by atoms with Gasteiger partial charge in [-0.1, -0.05) is 25.5 Å². The van der Waals surface area contributed by atoms with Gasteiger partial charge in [-0.3, -0.25) is 0 Å². The standard InChI is InChI=1S/C16H18F2/c1-11-10-16(2,3)7-6-12(11)8-13-4-5-14(17)9-15(13)18/h4-5,8-10H,6-7H2,1-3H3/b12-8-. The lowest BCUT2D eigenvalue weighted by Crippen LogP contribution is -2.13. The van der Waals surface area contributed by atoms with Crippen LogP contribution in [0, 0.1) is 17.0 Å². The van der Waals surface area contributed by atoms with E-state index < -0.39 is 11.6 Å². The van der Waals surface area contributed by atoms with Crippen LogP contribution < -0.4 is 0 Å². The Kier molecular flexibility index (Phi) is 3.38. The molecular weight excluding hydrogens is 230 g/mol. The summed E-state index contributed by atoms with van der Waals surface area (Å²) >= 11 is 0. The first-order chi connectivity index (χ1) is 8.37. The summed E-state index contributed by atoms with van der Waals surface area (Å²) in [6, 6.07) is 3.71. The molecule has 1 aliphatic carbocycles. The maximum atomic E-state index is 13.6. The second-order valence-electron chi connectivity index (χ2n) is 5.65. The van der Waals surface area contributed by atoms with Crippen LogP contribution in [0.15, 0.2) is 35.4 Å². The zero-order chi connectivity index (χ0) is 13.3. The molecule has 0 fully saturated rings. The summed E-state index contributed by atoms with van der Waals surface area (Å²) in [5, 5.41) is 0. The summed E-state index contributed by atoms with van der Waals surface area (Å²) in [4.78, 5) is 0. The molecule has 18 heavy (non-hydrogen) atoms. The van der Waals surface area contributed by atoms with Crippen LogP contribution >= 0.6 is 0 Å². The van der Waals surface area contributed by atoms with E-state index in [-0.39, 0.29) is 5.41 Å². The molecule has 0 aliphatic heterocycles. The molecule has 0 amide bonds. The third-order valence-electron chi connectivity index (χ3n) is 3.44. The van der Waals surface area contributed by atoms with Gasteiger partial charge in [0.1, 0.15) is 11.6 Å². The fraction of sp³-hybridized carbons (Fsp3) is 0.375. The highest BCUT2D eigenvalue weighted by Crippen LogP contribution is 2.36. The normalized spacial score (nSPS) is 20.9. The van der Waals surface area contributed by atoms with Crippen LogP contribution in [-0.4, -0.2) is 0 Å². The van der Waals surface area contributed by atoms with Crippen molar-refractivity contribution in [2.24, 2.45) is 5.41 Å². The molecule has 0 radical (unpaired) electrons. The summed E-state index contributed by atoms with van der Waals surface area (Å²) in [5.41, 5.74) is 3.00. The molecule has 0 saturated heterocycles. The van der Waals surface area contributed by atoms with Gasteiger partial charge in [-0.05, 0) is 49.0 Å². The van der Waals surface area contributed by atoms with Crippen molar-refractivity contribution in [3.8, 4) is 0 Å². The molecule has 0 N–H and O–H groups in total. The van der Waals surface area contributed by atoms with Gasteiger partial charge in [-0.25, -0.2) is 8.78 Å². The number of allylic oxidation sites excluding steroid dienone is 3. The van der Waals surface area contributed by atoms with Crippen LogP contribution in [0.3, 0.4) is 0 Å². The molecule has 0 aromatic heterocycles. The van der Waals surface area contributed by atoms with E-state index in [0.29, 0.717) is 5.56 Å². The summed E-state index contributed by atoms with van der Waals surface area (Å²) in [7, 11) is 0. The summed E-state index contributed by atoms with van der Waals surface area (Å²) in [6.07, 6.45) is 6.05. The first-order valence-corrected chi connectivity index (χ1v) is 6.23. The van der Waals surface area contributed by atoms with Gasteiger partial charge in [0.15, 0.2) is 0 Å². The largest absolute Gasteiger partial charge is 0.207 e. The smallest absolute Gasteiger partial charge is 0.133 e. The van der Waals surface area contributed by atoms with E-state index in [0.717, 1.165) is 24.5 Å². The third kappa shape index (κ3) is 2.87. The van der Waals surface area contributed by atoms with Crippen LogP contribution in [0.2, 0.25) is 0 Å². The minimum atomic E-state index is -0.535. The van der Waals surface area contributed by atoms with Crippen molar-refractivity contribution in [2.75, 3.05) is 0 Å². The molecule has 0 unspecified atom stereocenters. The minimum Gasteiger partial charge on any atom is -0.207 e. The summed E-state index contributed by atoms with van der Waals surface area (Å²) in [5.74, 6) is -1.04. The van der Waals surface area contributed by atoms with Crippen molar-refractivity contribution in [3.63, 3.8) is 0 Å². The molecule has 96 valence electrons. The SMILES string of the molecule is CC1=CC(C)(C)CC/C1=C/c1ccc(F)cc1F. The third-order valence-corrected chi connectivity index (χ3v) is 3.44. The summed E-state index contributed by atoms with van der Waals surface area (Å²) < 4.78 is 26.4. The lowest BCUT2D eigenvalue weighted by Gasteiger charge is -2.28. The fourth-order valence-corrected chi connectivity index (χ4v) is 2.40. The molecule has 1 aromatic rings. The van der Waals surface area contributed by atoms with Crippen molar-refractivity contribution in [1.82, 2.24) is 0 Å². The van der Waals surface area contributed by atoms with E-state index in [2.05, 4.69) is 19.9 Å². The van der Waals surface area contributed by atoms with Gasteiger partial charge < -0.3 is 0 Å². The van der Waals surface area contributed by atoms with Crippen LogP contribution in [0.1, 0.15) is 39.2 Å². The zero-order valence-electron chi connectivity index (χ0n) is 11.1. The highest BCUT2D eigenvalue weighted by atomic mass is 19.1. The zero-order valence-corrected chi connectivity index (χ0v) is 11.1. The molecule has 1 aromatic carbocycles. The highest BCUT2D eigenvalue weighted by Gasteiger charge is 2.21.